The molecule has 2 aromatic carbocycles. The lowest BCUT2D eigenvalue weighted by Gasteiger charge is -2.19. The minimum atomic E-state index is -1.57. The Balaban J connectivity index is 1.96. The van der Waals surface area contributed by atoms with Gasteiger partial charge in [-0.1, -0.05) is 12.1 Å². The van der Waals surface area contributed by atoms with E-state index < -0.39 is 11.5 Å². The summed E-state index contributed by atoms with van der Waals surface area (Å²) < 4.78 is 37.4. The van der Waals surface area contributed by atoms with Crippen molar-refractivity contribution in [2.45, 2.75) is 26.4 Å². The highest BCUT2D eigenvalue weighted by molar-refractivity contribution is 7.17. The van der Waals surface area contributed by atoms with Gasteiger partial charge in [-0.25, -0.2) is 8.78 Å². The minimum absolute atomic E-state index is 0.0846. The van der Waals surface area contributed by atoms with E-state index in [1.54, 1.807) is 56.6 Å². The molecule has 0 fully saturated rings. The highest BCUT2D eigenvalue weighted by Gasteiger charge is 2.23. The number of hydrogen-bond acceptors (Lipinski definition) is 3. The summed E-state index contributed by atoms with van der Waals surface area (Å²) in [5.74, 6) is -0.00182. The van der Waals surface area contributed by atoms with Crippen molar-refractivity contribution in [2.24, 2.45) is 7.05 Å². The van der Waals surface area contributed by atoms with Gasteiger partial charge >= 0.3 is 0 Å². The van der Waals surface area contributed by atoms with Crippen LogP contribution in [-0.2, 0) is 12.7 Å². The Labute approximate surface area is 177 Å². The maximum atomic E-state index is 14.7. The number of pyridine rings is 1. The van der Waals surface area contributed by atoms with E-state index in [0.717, 1.165) is 15.8 Å². The highest BCUT2D eigenvalue weighted by Crippen LogP contribution is 2.41. The van der Waals surface area contributed by atoms with Crippen LogP contribution in [0.25, 0.3) is 21.2 Å². The molecule has 0 N–H and O–H groups in total. The molecule has 154 valence electrons. The molecule has 4 aromatic rings. The third-order valence-electron chi connectivity index (χ3n) is 5.05. The summed E-state index contributed by atoms with van der Waals surface area (Å²) in [7, 11) is 1.67. The lowest BCUT2D eigenvalue weighted by Crippen LogP contribution is -2.16. The van der Waals surface area contributed by atoms with Gasteiger partial charge in [0.15, 0.2) is 11.6 Å². The minimum Gasteiger partial charge on any atom is -0.454 e. The Morgan fingerprint density at radius 3 is 2.47 bits per heavy atom. The number of ether oxygens (including phenoxy) is 1. The molecule has 0 unspecified atom stereocenters. The number of halogens is 2. The summed E-state index contributed by atoms with van der Waals surface area (Å²) in [5, 5.41) is 2.43. The van der Waals surface area contributed by atoms with E-state index in [9.17, 15) is 13.6 Å². The molecule has 0 spiro atoms. The van der Waals surface area contributed by atoms with Crippen LogP contribution in [0, 0.1) is 12.7 Å². The quantitative estimate of drug-likeness (QED) is 0.364. The van der Waals surface area contributed by atoms with Gasteiger partial charge in [0, 0.05) is 29.1 Å². The zero-order valence-corrected chi connectivity index (χ0v) is 17.9. The van der Waals surface area contributed by atoms with Crippen LogP contribution in [0.3, 0.4) is 0 Å². The zero-order chi connectivity index (χ0) is 21.6. The predicted molar refractivity (Wildman–Crippen MR) is 118 cm³/mol. The average molecular weight is 426 g/mol. The molecule has 6 heteroatoms. The Morgan fingerprint density at radius 2 is 1.77 bits per heavy atom. The molecule has 30 heavy (non-hydrogen) atoms. The summed E-state index contributed by atoms with van der Waals surface area (Å²) in [5.41, 5.74) is 0.902. The highest BCUT2D eigenvalue weighted by atomic mass is 32.1. The van der Waals surface area contributed by atoms with Crippen LogP contribution in [0.2, 0.25) is 0 Å². The van der Waals surface area contributed by atoms with E-state index in [1.165, 1.54) is 35.8 Å². The molecule has 3 nitrogen and oxygen atoms in total. The van der Waals surface area contributed by atoms with Gasteiger partial charge in [-0.2, -0.15) is 0 Å². The van der Waals surface area contributed by atoms with Crippen molar-refractivity contribution < 1.29 is 13.5 Å². The van der Waals surface area contributed by atoms with Crippen molar-refractivity contribution in [3.05, 3.63) is 81.3 Å². The number of thiophene rings is 1. The molecule has 0 aliphatic rings. The van der Waals surface area contributed by atoms with Gasteiger partial charge in [-0.15, -0.1) is 11.3 Å². The molecule has 2 heterocycles. The number of aromatic nitrogens is 1. The van der Waals surface area contributed by atoms with E-state index in [2.05, 4.69) is 0 Å². The smallest absolute Gasteiger partial charge is 0.259 e. The molecule has 0 saturated heterocycles. The van der Waals surface area contributed by atoms with Crippen molar-refractivity contribution in [1.29, 1.82) is 0 Å². The van der Waals surface area contributed by atoms with Crippen molar-refractivity contribution in [1.82, 2.24) is 4.57 Å². The Kier molecular flexibility index (Phi) is 4.98. The van der Waals surface area contributed by atoms with Crippen LogP contribution >= 0.6 is 11.3 Å². The van der Waals surface area contributed by atoms with Crippen molar-refractivity contribution >= 4 is 21.4 Å². The standard InChI is InChI=1S/C24H21F2NO2S/c1-14-5-7-21(19(25)11-14)29-20-8-6-15(24(2,3)26)12-17(20)18-13-27(4)23(28)16-9-10-30-22(16)18/h5-13H,1-4H3. The van der Waals surface area contributed by atoms with E-state index in [-0.39, 0.29) is 11.3 Å². The first kappa shape index (κ1) is 20.3. The maximum absolute atomic E-state index is 14.7. The first-order valence-electron chi connectivity index (χ1n) is 9.50. The van der Waals surface area contributed by atoms with Gasteiger partial charge in [-0.3, -0.25) is 4.79 Å². The van der Waals surface area contributed by atoms with Crippen molar-refractivity contribution in [2.75, 3.05) is 0 Å². The van der Waals surface area contributed by atoms with Crippen molar-refractivity contribution in [3.8, 4) is 22.6 Å². The van der Waals surface area contributed by atoms with E-state index in [4.69, 9.17) is 4.74 Å². The summed E-state index contributed by atoms with van der Waals surface area (Å²) in [6.07, 6.45) is 1.71. The number of alkyl halides is 1. The van der Waals surface area contributed by atoms with Gasteiger partial charge in [0.2, 0.25) is 0 Å². The Hall–Kier alpha value is -2.99. The molecule has 2 aromatic heterocycles. The summed E-state index contributed by atoms with van der Waals surface area (Å²) in [6.45, 7) is 4.76. The summed E-state index contributed by atoms with van der Waals surface area (Å²) in [4.78, 5) is 12.5. The van der Waals surface area contributed by atoms with Crippen LogP contribution in [0.4, 0.5) is 8.78 Å². The molecule has 4 rings (SSSR count). The Bertz CT molecular complexity index is 1320. The van der Waals surface area contributed by atoms with Crippen LogP contribution < -0.4 is 10.3 Å². The molecule has 0 bridgehead atoms. The molecule has 0 aliphatic carbocycles. The second-order valence-electron chi connectivity index (χ2n) is 7.84. The fraction of sp³-hybridized carbons (Fsp3) is 0.208. The lowest BCUT2D eigenvalue weighted by molar-refractivity contribution is 0.221. The van der Waals surface area contributed by atoms with Crippen molar-refractivity contribution in [3.63, 3.8) is 0 Å². The van der Waals surface area contributed by atoms with Gasteiger partial charge in [0.1, 0.15) is 11.4 Å². The third kappa shape index (κ3) is 3.63. The number of fused-ring (bicyclic) bond motifs is 1. The molecular weight excluding hydrogens is 404 g/mol. The first-order chi connectivity index (χ1) is 14.1. The topological polar surface area (TPSA) is 31.2 Å². The molecule has 0 saturated carbocycles. The van der Waals surface area contributed by atoms with Gasteiger partial charge in [0.05, 0.1) is 5.39 Å². The number of hydrogen-bond donors (Lipinski definition) is 0. The largest absolute Gasteiger partial charge is 0.454 e. The SMILES string of the molecule is Cc1ccc(Oc2ccc(C(C)(C)F)cc2-c2cn(C)c(=O)c3ccsc23)c(F)c1. The monoisotopic (exact) mass is 425 g/mol. The van der Waals surface area contributed by atoms with E-state index >= 15 is 0 Å². The predicted octanol–water partition coefficient (Wildman–Crippen LogP) is 6.71. The lowest BCUT2D eigenvalue weighted by atomic mass is 9.95. The number of nitrogens with zero attached hydrogens (tertiary/aromatic N) is 1. The molecule has 0 radical (unpaired) electrons. The fourth-order valence-electron chi connectivity index (χ4n) is 3.39. The van der Waals surface area contributed by atoms with Gasteiger partial charge in [0.25, 0.3) is 5.56 Å². The third-order valence-corrected chi connectivity index (χ3v) is 5.99. The van der Waals surface area contributed by atoms with E-state index in [0.29, 0.717) is 22.3 Å². The van der Waals surface area contributed by atoms with Gasteiger partial charge in [-0.05, 0) is 67.6 Å². The maximum Gasteiger partial charge on any atom is 0.259 e. The van der Waals surface area contributed by atoms with Crippen LogP contribution in [-0.4, -0.2) is 4.57 Å². The number of benzene rings is 2. The van der Waals surface area contributed by atoms with Crippen LogP contribution in [0.15, 0.2) is 58.8 Å². The number of rotatable bonds is 4. The Morgan fingerprint density at radius 1 is 1.03 bits per heavy atom. The second-order valence-corrected chi connectivity index (χ2v) is 8.76. The van der Waals surface area contributed by atoms with Gasteiger partial charge < -0.3 is 9.30 Å². The molecule has 0 aliphatic heterocycles. The molecular formula is C24H21F2NO2S. The number of aryl methyl sites for hydroxylation is 2. The van der Waals surface area contributed by atoms with E-state index in [1.807, 2.05) is 5.38 Å². The molecule has 0 atom stereocenters. The van der Waals surface area contributed by atoms with Crippen LogP contribution in [0.1, 0.15) is 25.0 Å². The second kappa shape index (κ2) is 7.36. The van der Waals surface area contributed by atoms with Crippen LogP contribution in [0.5, 0.6) is 11.5 Å². The fourth-order valence-corrected chi connectivity index (χ4v) is 4.30. The summed E-state index contributed by atoms with van der Waals surface area (Å²) in [6, 6.07) is 11.5. The zero-order valence-electron chi connectivity index (χ0n) is 17.1. The normalized spacial score (nSPS) is 11.8. The first-order valence-corrected chi connectivity index (χ1v) is 10.4. The summed E-state index contributed by atoms with van der Waals surface area (Å²) >= 11 is 1.43. The molecule has 0 amide bonds. The average Bonchev–Trinajstić information content (AvgIpc) is 3.16.